The SMILES string of the molecule is Cc1ccc(NC(=O)c2cnc([C@@H](C)CC(=O)c3cc(Nc4ccon4)ncn3)s2)cc1C(F)(F)F. The van der Waals surface area contributed by atoms with Gasteiger partial charge >= 0.3 is 6.18 Å². The van der Waals surface area contributed by atoms with Crippen LogP contribution in [0.2, 0.25) is 0 Å². The number of halogens is 3. The number of nitrogens with zero attached hydrogens (tertiary/aromatic N) is 4. The first-order valence-corrected chi connectivity index (χ1v) is 11.4. The van der Waals surface area contributed by atoms with Crippen molar-refractivity contribution in [3.05, 3.63) is 75.8 Å². The molecule has 0 aliphatic carbocycles. The molecule has 0 saturated carbocycles. The molecular formula is C23H19F3N6O3S. The smallest absolute Gasteiger partial charge is 0.363 e. The van der Waals surface area contributed by atoms with Crippen molar-refractivity contribution in [1.82, 2.24) is 20.1 Å². The van der Waals surface area contributed by atoms with Crippen LogP contribution in [0.25, 0.3) is 0 Å². The van der Waals surface area contributed by atoms with Crippen LogP contribution < -0.4 is 10.6 Å². The minimum Gasteiger partial charge on any atom is -0.363 e. The molecule has 2 N–H and O–H groups in total. The Morgan fingerprint density at radius 2 is 1.92 bits per heavy atom. The molecule has 186 valence electrons. The Hall–Kier alpha value is -4.13. The van der Waals surface area contributed by atoms with Gasteiger partial charge in [0.15, 0.2) is 11.6 Å². The Bertz CT molecular complexity index is 1390. The van der Waals surface area contributed by atoms with E-state index in [1.807, 2.05) is 0 Å². The zero-order valence-electron chi connectivity index (χ0n) is 19.0. The number of anilines is 3. The van der Waals surface area contributed by atoms with Gasteiger partial charge < -0.3 is 15.2 Å². The van der Waals surface area contributed by atoms with Gasteiger partial charge in [-0.05, 0) is 24.6 Å². The van der Waals surface area contributed by atoms with Crippen LogP contribution in [0.4, 0.5) is 30.5 Å². The van der Waals surface area contributed by atoms with Crippen LogP contribution in [0, 0.1) is 6.92 Å². The molecule has 4 aromatic rings. The van der Waals surface area contributed by atoms with E-state index in [9.17, 15) is 22.8 Å². The number of nitrogens with one attached hydrogen (secondary N) is 2. The third kappa shape index (κ3) is 5.92. The number of ketones is 1. The Morgan fingerprint density at radius 1 is 1.11 bits per heavy atom. The monoisotopic (exact) mass is 516 g/mol. The maximum absolute atomic E-state index is 13.1. The lowest BCUT2D eigenvalue weighted by Gasteiger charge is -2.12. The molecule has 3 heterocycles. The number of aromatic nitrogens is 4. The molecule has 0 unspecified atom stereocenters. The molecule has 1 atom stereocenters. The van der Waals surface area contributed by atoms with Gasteiger partial charge in [-0.2, -0.15) is 13.2 Å². The van der Waals surface area contributed by atoms with Gasteiger partial charge in [-0.1, -0.05) is 18.1 Å². The molecule has 0 aliphatic rings. The fraction of sp³-hybridized carbons (Fsp3) is 0.217. The number of aryl methyl sites for hydroxylation is 1. The molecule has 4 rings (SSSR count). The third-order valence-corrected chi connectivity index (χ3v) is 6.34. The fourth-order valence-corrected chi connectivity index (χ4v) is 4.14. The van der Waals surface area contributed by atoms with E-state index in [2.05, 4.69) is 30.7 Å². The van der Waals surface area contributed by atoms with Crippen LogP contribution in [-0.2, 0) is 6.18 Å². The molecule has 13 heteroatoms. The Morgan fingerprint density at radius 3 is 2.64 bits per heavy atom. The van der Waals surface area contributed by atoms with Crippen molar-refractivity contribution in [3.8, 4) is 0 Å². The third-order valence-electron chi connectivity index (χ3n) is 5.11. The summed E-state index contributed by atoms with van der Waals surface area (Å²) in [7, 11) is 0. The molecule has 9 nitrogen and oxygen atoms in total. The van der Waals surface area contributed by atoms with E-state index in [0.29, 0.717) is 16.6 Å². The zero-order valence-corrected chi connectivity index (χ0v) is 19.8. The number of amides is 1. The van der Waals surface area contributed by atoms with E-state index >= 15 is 0 Å². The first kappa shape index (κ1) is 25.0. The number of carbonyl (C=O) groups excluding carboxylic acids is 2. The number of benzene rings is 1. The number of rotatable bonds is 8. The van der Waals surface area contributed by atoms with Crippen LogP contribution >= 0.6 is 11.3 Å². The molecule has 3 aromatic heterocycles. The second kappa shape index (κ2) is 10.2. The average Bonchev–Trinajstić information content (AvgIpc) is 3.52. The topological polar surface area (TPSA) is 123 Å². The van der Waals surface area contributed by atoms with Crippen molar-refractivity contribution in [1.29, 1.82) is 0 Å². The van der Waals surface area contributed by atoms with Gasteiger partial charge in [0.2, 0.25) is 0 Å². The standard InChI is InChI=1S/C23H19F3N6O3S/c1-12-3-4-14(8-15(12)23(24,25)26)30-21(34)18-10-27-22(36-18)13(2)7-17(33)16-9-20(29-11-28-16)31-19-5-6-35-32-19/h3-6,8-11,13H,7H2,1-2H3,(H,30,34)(H,28,29,31,32)/t13-/m0/s1. The Balaban J connectivity index is 1.40. The summed E-state index contributed by atoms with van der Waals surface area (Å²) >= 11 is 1.06. The van der Waals surface area contributed by atoms with Crippen molar-refractivity contribution >= 4 is 40.4 Å². The van der Waals surface area contributed by atoms with Gasteiger partial charge in [-0.15, -0.1) is 11.3 Å². The molecule has 36 heavy (non-hydrogen) atoms. The van der Waals surface area contributed by atoms with E-state index in [0.717, 1.165) is 17.4 Å². The molecule has 1 amide bonds. The first-order chi connectivity index (χ1) is 17.1. The van der Waals surface area contributed by atoms with E-state index in [-0.39, 0.29) is 39.9 Å². The van der Waals surface area contributed by atoms with Crippen LogP contribution in [0.3, 0.4) is 0 Å². The van der Waals surface area contributed by atoms with Crippen molar-refractivity contribution < 1.29 is 27.3 Å². The Kier molecular flexibility index (Phi) is 7.10. The lowest BCUT2D eigenvalue weighted by molar-refractivity contribution is -0.138. The lowest BCUT2D eigenvalue weighted by atomic mass is 10.0. The summed E-state index contributed by atoms with van der Waals surface area (Å²) in [6.07, 6.45) is -0.482. The van der Waals surface area contributed by atoms with E-state index in [1.54, 1.807) is 13.0 Å². The summed E-state index contributed by atoms with van der Waals surface area (Å²) in [5.74, 6) is -0.383. The van der Waals surface area contributed by atoms with Crippen LogP contribution in [0.5, 0.6) is 0 Å². The summed E-state index contributed by atoms with van der Waals surface area (Å²) < 4.78 is 44.2. The van der Waals surface area contributed by atoms with Gasteiger partial charge in [0.1, 0.15) is 29.0 Å². The van der Waals surface area contributed by atoms with Gasteiger partial charge in [0.05, 0.1) is 16.8 Å². The number of Topliss-reactive ketones (excluding diaryl/α,β-unsaturated/α-hetero) is 1. The molecule has 0 spiro atoms. The molecule has 0 radical (unpaired) electrons. The molecule has 0 saturated heterocycles. The molecular weight excluding hydrogens is 497 g/mol. The van der Waals surface area contributed by atoms with Crippen molar-refractivity contribution in [2.45, 2.75) is 32.4 Å². The zero-order chi connectivity index (χ0) is 25.9. The highest BCUT2D eigenvalue weighted by molar-refractivity contribution is 7.13. The molecule has 0 fully saturated rings. The minimum absolute atomic E-state index is 0.0231. The second-order valence-corrected chi connectivity index (χ2v) is 8.93. The fourth-order valence-electron chi connectivity index (χ4n) is 3.27. The maximum Gasteiger partial charge on any atom is 0.416 e. The van der Waals surface area contributed by atoms with Crippen LogP contribution in [-0.4, -0.2) is 31.8 Å². The molecule has 1 aromatic carbocycles. The lowest BCUT2D eigenvalue weighted by Crippen LogP contribution is -2.13. The molecule has 0 bridgehead atoms. The summed E-state index contributed by atoms with van der Waals surface area (Å²) in [6, 6.07) is 6.67. The van der Waals surface area contributed by atoms with Gasteiger partial charge in [0, 0.05) is 30.2 Å². The Labute approximate surface area is 206 Å². The van der Waals surface area contributed by atoms with Gasteiger partial charge in [-0.25, -0.2) is 15.0 Å². The largest absolute Gasteiger partial charge is 0.416 e. The van der Waals surface area contributed by atoms with Crippen LogP contribution in [0.15, 0.2) is 53.6 Å². The summed E-state index contributed by atoms with van der Waals surface area (Å²) in [5, 5.41) is 9.60. The number of carbonyl (C=O) groups is 2. The average molecular weight is 517 g/mol. The highest BCUT2D eigenvalue weighted by Gasteiger charge is 2.32. The van der Waals surface area contributed by atoms with Crippen molar-refractivity contribution in [2.24, 2.45) is 0 Å². The predicted octanol–water partition coefficient (Wildman–Crippen LogP) is 5.62. The minimum atomic E-state index is -4.53. The summed E-state index contributed by atoms with van der Waals surface area (Å²) in [4.78, 5) is 37.8. The van der Waals surface area contributed by atoms with Gasteiger partial charge in [0.25, 0.3) is 5.91 Å². The first-order valence-electron chi connectivity index (χ1n) is 10.6. The molecule has 0 aliphatic heterocycles. The normalized spacial score (nSPS) is 12.2. The highest BCUT2D eigenvalue weighted by Crippen LogP contribution is 2.34. The van der Waals surface area contributed by atoms with Crippen molar-refractivity contribution in [3.63, 3.8) is 0 Å². The summed E-state index contributed by atoms with van der Waals surface area (Å²) in [6.45, 7) is 3.13. The highest BCUT2D eigenvalue weighted by atomic mass is 32.1. The van der Waals surface area contributed by atoms with E-state index in [1.165, 1.54) is 43.9 Å². The van der Waals surface area contributed by atoms with E-state index in [4.69, 9.17) is 4.52 Å². The number of hydrogen-bond acceptors (Lipinski definition) is 9. The van der Waals surface area contributed by atoms with Gasteiger partial charge in [-0.3, -0.25) is 9.59 Å². The number of alkyl halides is 3. The van der Waals surface area contributed by atoms with Crippen molar-refractivity contribution in [2.75, 3.05) is 10.6 Å². The van der Waals surface area contributed by atoms with E-state index < -0.39 is 17.6 Å². The second-order valence-electron chi connectivity index (χ2n) is 7.87. The van der Waals surface area contributed by atoms with Crippen LogP contribution in [0.1, 0.15) is 55.6 Å². The number of hydrogen-bond donors (Lipinski definition) is 2. The maximum atomic E-state index is 13.1. The predicted molar refractivity (Wildman–Crippen MR) is 125 cm³/mol. The number of thiazole rings is 1. The summed E-state index contributed by atoms with van der Waals surface area (Å²) in [5.41, 5.74) is -0.544. The quantitative estimate of drug-likeness (QED) is 0.289.